The lowest BCUT2D eigenvalue weighted by molar-refractivity contribution is -0.148. The van der Waals surface area contributed by atoms with E-state index in [1.54, 1.807) is 45.0 Å². The molecule has 9 heteroatoms. The third kappa shape index (κ3) is 6.30. The van der Waals surface area contributed by atoms with Crippen LogP contribution >= 0.6 is 0 Å². The van der Waals surface area contributed by atoms with Crippen molar-refractivity contribution in [2.75, 3.05) is 0 Å². The summed E-state index contributed by atoms with van der Waals surface area (Å²) >= 11 is 0. The summed E-state index contributed by atoms with van der Waals surface area (Å²) in [7, 11) is -4.48. The van der Waals surface area contributed by atoms with Crippen molar-refractivity contribution in [1.29, 1.82) is 5.26 Å². The van der Waals surface area contributed by atoms with Gasteiger partial charge in [-0.05, 0) is 57.5 Å². The lowest BCUT2D eigenvalue weighted by Crippen LogP contribution is -2.49. The first kappa shape index (κ1) is 23.9. The maximum absolute atomic E-state index is 13.2. The molecule has 1 amide bonds. The molecule has 2 aromatic rings. The van der Waals surface area contributed by atoms with Gasteiger partial charge in [0.15, 0.2) is 0 Å². The van der Waals surface area contributed by atoms with Crippen LogP contribution in [0, 0.1) is 11.3 Å². The number of benzene rings is 2. The number of esters is 1. The normalized spacial score (nSPS) is 12.4. The highest BCUT2D eigenvalue weighted by Gasteiger charge is 2.40. The van der Waals surface area contributed by atoms with E-state index in [0.717, 1.165) is 0 Å². The first-order chi connectivity index (χ1) is 14.5. The molecular formula is C22H24N2O6S. The van der Waals surface area contributed by atoms with E-state index in [1.807, 2.05) is 12.1 Å². The van der Waals surface area contributed by atoms with E-state index in [9.17, 15) is 18.0 Å². The summed E-state index contributed by atoms with van der Waals surface area (Å²) in [6.45, 7) is 5.91. The molecule has 0 bridgehead atoms. The van der Waals surface area contributed by atoms with Crippen molar-refractivity contribution in [3.05, 3.63) is 65.7 Å². The van der Waals surface area contributed by atoms with Gasteiger partial charge < -0.3 is 9.47 Å². The maximum atomic E-state index is 13.2. The van der Waals surface area contributed by atoms with Gasteiger partial charge in [-0.1, -0.05) is 30.3 Å². The number of ether oxygens (including phenoxy) is 2. The maximum Gasteiger partial charge on any atom is 0.425 e. The summed E-state index contributed by atoms with van der Waals surface area (Å²) in [5.74, 6) is -0.910. The van der Waals surface area contributed by atoms with Crippen LogP contribution in [0.25, 0.3) is 0 Å². The number of hydrogen-bond donors (Lipinski definition) is 0. The Balaban J connectivity index is 2.35. The van der Waals surface area contributed by atoms with E-state index in [1.165, 1.54) is 31.2 Å². The van der Waals surface area contributed by atoms with Gasteiger partial charge in [0.1, 0.15) is 18.2 Å². The van der Waals surface area contributed by atoms with Crippen LogP contribution in [0.2, 0.25) is 0 Å². The summed E-state index contributed by atoms with van der Waals surface area (Å²) in [5, 5.41) is 8.93. The molecule has 0 saturated carbocycles. The highest BCUT2D eigenvalue weighted by atomic mass is 32.2. The fourth-order valence-electron chi connectivity index (χ4n) is 2.53. The molecule has 0 heterocycles. The average molecular weight is 445 g/mol. The SMILES string of the molecule is C[C@@H](C(=O)OCc1ccccc1)N(C(=O)OC(C)(C)C)S(=O)(=O)c1ccc(C#N)cc1. The summed E-state index contributed by atoms with van der Waals surface area (Å²) in [5.41, 5.74) is -0.0386. The summed E-state index contributed by atoms with van der Waals surface area (Å²) in [4.78, 5) is 25.1. The van der Waals surface area contributed by atoms with Gasteiger partial charge >= 0.3 is 12.1 Å². The van der Waals surface area contributed by atoms with Crippen molar-refractivity contribution in [3.8, 4) is 6.07 Å². The number of hydrogen-bond acceptors (Lipinski definition) is 7. The molecule has 0 fully saturated rings. The number of nitrogens with zero attached hydrogens (tertiary/aromatic N) is 2. The summed E-state index contributed by atoms with van der Waals surface area (Å²) in [6, 6.07) is 14.2. The zero-order chi connectivity index (χ0) is 23.2. The van der Waals surface area contributed by atoms with Crippen LogP contribution < -0.4 is 0 Å². The van der Waals surface area contributed by atoms with Gasteiger partial charge in [0.25, 0.3) is 10.0 Å². The number of amides is 1. The quantitative estimate of drug-likeness (QED) is 0.625. The minimum absolute atomic E-state index is 0.0803. The molecule has 8 nitrogen and oxygen atoms in total. The Bertz CT molecular complexity index is 1070. The largest absolute Gasteiger partial charge is 0.459 e. The van der Waals surface area contributed by atoms with Gasteiger partial charge in [-0.15, -0.1) is 0 Å². The van der Waals surface area contributed by atoms with Crippen LogP contribution in [-0.2, 0) is 30.9 Å². The van der Waals surface area contributed by atoms with Crippen LogP contribution in [0.15, 0.2) is 59.5 Å². The lowest BCUT2D eigenvalue weighted by Gasteiger charge is -2.30. The molecule has 0 N–H and O–H groups in total. The second-order valence-corrected chi connectivity index (χ2v) is 9.50. The van der Waals surface area contributed by atoms with Crippen LogP contribution in [0.3, 0.4) is 0 Å². The molecule has 0 unspecified atom stereocenters. The molecule has 2 rings (SSSR count). The summed E-state index contributed by atoms with van der Waals surface area (Å²) in [6.07, 6.45) is -1.21. The first-order valence-corrected chi connectivity index (χ1v) is 10.9. The van der Waals surface area contributed by atoms with Crippen LogP contribution in [0.4, 0.5) is 4.79 Å². The summed E-state index contributed by atoms with van der Waals surface area (Å²) < 4.78 is 37.3. The number of carbonyl (C=O) groups excluding carboxylic acids is 2. The van der Waals surface area contributed by atoms with Crippen molar-refractivity contribution < 1.29 is 27.5 Å². The topological polar surface area (TPSA) is 114 Å². The third-order valence-electron chi connectivity index (χ3n) is 4.03. The Kier molecular flexibility index (Phi) is 7.41. The van der Waals surface area contributed by atoms with Crippen molar-refractivity contribution in [2.45, 2.75) is 50.8 Å². The van der Waals surface area contributed by atoms with Gasteiger partial charge in [-0.3, -0.25) is 0 Å². The first-order valence-electron chi connectivity index (χ1n) is 9.44. The Hall–Kier alpha value is -3.38. The van der Waals surface area contributed by atoms with E-state index in [0.29, 0.717) is 9.87 Å². The predicted octanol–water partition coefficient (Wildman–Crippen LogP) is 3.62. The van der Waals surface area contributed by atoms with Gasteiger partial charge in [-0.25, -0.2) is 18.0 Å². The Morgan fingerprint density at radius 3 is 2.16 bits per heavy atom. The lowest BCUT2D eigenvalue weighted by atomic mass is 10.2. The van der Waals surface area contributed by atoms with E-state index < -0.39 is 33.7 Å². The molecule has 31 heavy (non-hydrogen) atoms. The van der Waals surface area contributed by atoms with E-state index in [-0.39, 0.29) is 17.1 Å². The molecule has 0 saturated heterocycles. The highest BCUT2D eigenvalue weighted by molar-refractivity contribution is 7.89. The number of sulfonamides is 1. The van der Waals surface area contributed by atoms with Crippen molar-refractivity contribution in [3.63, 3.8) is 0 Å². The number of carbonyl (C=O) groups is 2. The van der Waals surface area contributed by atoms with Crippen LogP contribution in [0.5, 0.6) is 0 Å². The molecule has 164 valence electrons. The van der Waals surface area contributed by atoms with E-state index in [2.05, 4.69) is 0 Å². The van der Waals surface area contributed by atoms with Crippen molar-refractivity contribution in [1.82, 2.24) is 4.31 Å². The van der Waals surface area contributed by atoms with E-state index >= 15 is 0 Å². The molecule has 0 aliphatic carbocycles. The smallest absolute Gasteiger partial charge is 0.425 e. The predicted molar refractivity (Wildman–Crippen MR) is 112 cm³/mol. The molecule has 0 aliphatic heterocycles. The fourth-order valence-corrected chi connectivity index (χ4v) is 3.97. The van der Waals surface area contributed by atoms with Crippen molar-refractivity contribution in [2.24, 2.45) is 0 Å². The minimum Gasteiger partial charge on any atom is -0.459 e. The third-order valence-corrected chi connectivity index (χ3v) is 5.88. The molecule has 0 aliphatic rings. The molecule has 0 spiro atoms. The van der Waals surface area contributed by atoms with Gasteiger partial charge in [0.05, 0.1) is 16.5 Å². The van der Waals surface area contributed by atoms with Gasteiger partial charge in [0, 0.05) is 0 Å². The molecule has 2 aromatic carbocycles. The standard InChI is InChI=1S/C22H24N2O6S/c1-16(20(25)29-15-18-8-6-5-7-9-18)24(21(26)30-22(2,3)4)31(27,28)19-12-10-17(14-23)11-13-19/h5-13,16H,15H2,1-4H3/t16-/m0/s1. The van der Waals surface area contributed by atoms with Gasteiger partial charge in [-0.2, -0.15) is 9.57 Å². The van der Waals surface area contributed by atoms with Crippen LogP contribution in [-0.4, -0.2) is 36.4 Å². The molecular weight excluding hydrogens is 420 g/mol. The van der Waals surface area contributed by atoms with Crippen LogP contribution in [0.1, 0.15) is 38.8 Å². The minimum atomic E-state index is -4.48. The second-order valence-electron chi connectivity index (χ2n) is 7.69. The molecule has 0 radical (unpaired) electrons. The Labute approximate surface area is 182 Å². The second kappa shape index (κ2) is 9.62. The monoisotopic (exact) mass is 444 g/mol. The Morgan fingerprint density at radius 2 is 1.65 bits per heavy atom. The number of rotatable bonds is 6. The highest BCUT2D eigenvalue weighted by Crippen LogP contribution is 2.23. The zero-order valence-electron chi connectivity index (χ0n) is 17.7. The van der Waals surface area contributed by atoms with E-state index in [4.69, 9.17) is 14.7 Å². The average Bonchev–Trinajstić information content (AvgIpc) is 2.71. The van der Waals surface area contributed by atoms with Crippen molar-refractivity contribution >= 4 is 22.1 Å². The molecule has 1 atom stereocenters. The van der Waals surface area contributed by atoms with Gasteiger partial charge in [0.2, 0.25) is 0 Å². The molecule has 0 aromatic heterocycles. The zero-order valence-corrected chi connectivity index (χ0v) is 18.5. The fraction of sp³-hybridized carbons (Fsp3) is 0.318. The Morgan fingerprint density at radius 1 is 1.06 bits per heavy atom. The number of nitriles is 1.